The van der Waals surface area contributed by atoms with Crippen LogP contribution in [-0.4, -0.2) is 53.5 Å². The lowest BCUT2D eigenvalue weighted by Crippen LogP contribution is -2.33. The molecular formula is C16H25N5OS. The minimum absolute atomic E-state index is 0.0109. The smallest absolute Gasteiger partial charge is 0.239 e. The second kappa shape index (κ2) is 8.79. The van der Waals surface area contributed by atoms with Gasteiger partial charge < -0.3 is 15.5 Å². The van der Waals surface area contributed by atoms with Crippen molar-refractivity contribution in [3.05, 3.63) is 17.3 Å². The van der Waals surface area contributed by atoms with Gasteiger partial charge in [0.15, 0.2) is 0 Å². The van der Waals surface area contributed by atoms with Crippen LogP contribution in [-0.2, 0) is 4.79 Å². The van der Waals surface area contributed by atoms with Crippen molar-refractivity contribution in [2.45, 2.75) is 27.2 Å². The first kappa shape index (κ1) is 17.6. The van der Waals surface area contributed by atoms with Crippen LogP contribution in [0.1, 0.15) is 25.1 Å². The molecule has 2 N–H and O–H groups in total. The molecule has 1 amide bonds. The van der Waals surface area contributed by atoms with E-state index in [2.05, 4.69) is 39.3 Å². The van der Waals surface area contributed by atoms with E-state index >= 15 is 0 Å². The molecule has 0 aromatic carbocycles. The summed E-state index contributed by atoms with van der Waals surface area (Å²) in [5, 5.41) is 7.02. The number of carbonyl (C=O) groups is 1. The largest absolute Gasteiger partial charge is 0.360 e. The fourth-order valence-electron chi connectivity index (χ4n) is 2.41. The Labute approximate surface area is 141 Å². The zero-order chi connectivity index (χ0) is 16.7. The fraction of sp³-hybridized carbons (Fsp3) is 0.562. The molecule has 0 aliphatic rings. The molecule has 0 unspecified atom stereocenters. The molecule has 2 rings (SSSR count). The second-order valence-corrected chi connectivity index (χ2v) is 6.62. The highest BCUT2D eigenvalue weighted by molar-refractivity contribution is 7.18. The molecule has 0 fully saturated rings. The first-order valence-electron chi connectivity index (χ1n) is 8.08. The number of aromatic nitrogens is 2. The zero-order valence-electron chi connectivity index (χ0n) is 14.1. The number of carbonyl (C=O) groups excluding carboxylic acids is 1. The minimum atomic E-state index is -0.0109. The maximum Gasteiger partial charge on any atom is 0.239 e. The van der Waals surface area contributed by atoms with E-state index < -0.39 is 0 Å². The molecule has 7 heteroatoms. The predicted molar refractivity (Wildman–Crippen MR) is 96.1 cm³/mol. The van der Waals surface area contributed by atoms with Gasteiger partial charge in [-0.3, -0.25) is 4.79 Å². The average molecular weight is 335 g/mol. The maximum atomic E-state index is 11.9. The van der Waals surface area contributed by atoms with E-state index in [1.54, 1.807) is 11.3 Å². The van der Waals surface area contributed by atoms with Crippen molar-refractivity contribution in [3.8, 4) is 0 Å². The van der Waals surface area contributed by atoms with Gasteiger partial charge in [-0.05, 0) is 39.0 Å². The SMILES string of the molecule is CCN(CC)CCCNC(=O)CNc1ncnc2sc(C)cc12. The molecule has 0 saturated carbocycles. The quantitative estimate of drug-likeness (QED) is 0.688. The number of anilines is 1. The van der Waals surface area contributed by atoms with Gasteiger partial charge in [0.1, 0.15) is 17.0 Å². The minimum Gasteiger partial charge on any atom is -0.360 e. The summed E-state index contributed by atoms with van der Waals surface area (Å²) >= 11 is 1.63. The second-order valence-electron chi connectivity index (χ2n) is 5.38. The zero-order valence-corrected chi connectivity index (χ0v) is 14.9. The van der Waals surface area contributed by atoms with Crippen molar-refractivity contribution in [1.82, 2.24) is 20.2 Å². The summed E-state index contributed by atoms with van der Waals surface area (Å²) in [4.78, 5) is 24.9. The maximum absolute atomic E-state index is 11.9. The van der Waals surface area contributed by atoms with Gasteiger partial charge in [-0.25, -0.2) is 9.97 Å². The van der Waals surface area contributed by atoms with E-state index in [0.29, 0.717) is 6.54 Å². The van der Waals surface area contributed by atoms with E-state index in [1.807, 2.05) is 13.0 Å². The Bertz CT molecular complexity index is 638. The number of nitrogens with one attached hydrogen (secondary N) is 2. The van der Waals surface area contributed by atoms with Gasteiger partial charge >= 0.3 is 0 Å². The van der Waals surface area contributed by atoms with Crippen LogP contribution in [0.25, 0.3) is 10.2 Å². The Balaban J connectivity index is 1.75. The fourth-order valence-corrected chi connectivity index (χ4v) is 3.26. The molecule has 6 nitrogen and oxygen atoms in total. The lowest BCUT2D eigenvalue weighted by atomic mass is 10.3. The van der Waals surface area contributed by atoms with Crippen molar-refractivity contribution < 1.29 is 4.79 Å². The Kier molecular flexibility index (Phi) is 6.73. The third-order valence-electron chi connectivity index (χ3n) is 3.74. The summed E-state index contributed by atoms with van der Waals surface area (Å²) in [6, 6.07) is 2.05. The topological polar surface area (TPSA) is 70.2 Å². The standard InChI is InChI=1S/C16H25N5OS/c1-4-21(5-2)8-6-7-17-14(22)10-18-15-13-9-12(3)23-16(13)20-11-19-15/h9,11H,4-8,10H2,1-3H3,(H,17,22)(H,18,19,20). The molecular weight excluding hydrogens is 310 g/mol. The highest BCUT2D eigenvalue weighted by Crippen LogP contribution is 2.27. The van der Waals surface area contributed by atoms with Crippen LogP contribution in [0.4, 0.5) is 5.82 Å². The average Bonchev–Trinajstić information content (AvgIpc) is 2.93. The number of aryl methyl sites for hydroxylation is 1. The summed E-state index contributed by atoms with van der Waals surface area (Å²) in [5.41, 5.74) is 0. The molecule has 126 valence electrons. The molecule has 0 saturated heterocycles. The number of nitrogens with zero attached hydrogens (tertiary/aromatic N) is 3. The van der Waals surface area contributed by atoms with Crippen molar-refractivity contribution in [1.29, 1.82) is 0 Å². The Hall–Kier alpha value is -1.73. The van der Waals surface area contributed by atoms with Crippen molar-refractivity contribution in [2.24, 2.45) is 0 Å². The number of amides is 1. The molecule has 0 aliphatic carbocycles. The van der Waals surface area contributed by atoms with Crippen molar-refractivity contribution in [2.75, 3.05) is 38.0 Å². The monoisotopic (exact) mass is 335 g/mol. The van der Waals surface area contributed by atoms with Gasteiger partial charge in [0.05, 0.1) is 11.9 Å². The molecule has 23 heavy (non-hydrogen) atoms. The third kappa shape index (κ3) is 5.14. The van der Waals surface area contributed by atoms with Crippen LogP contribution in [0.5, 0.6) is 0 Å². The predicted octanol–water partition coefficient (Wildman–Crippen LogP) is 2.26. The van der Waals surface area contributed by atoms with Gasteiger partial charge in [0.2, 0.25) is 5.91 Å². The molecule has 0 atom stereocenters. The molecule has 0 spiro atoms. The summed E-state index contributed by atoms with van der Waals surface area (Å²) in [6.45, 7) is 10.4. The van der Waals surface area contributed by atoms with E-state index in [-0.39, 0.29) is 12.5 Å². The van der Waals surface area contributed by atoms with E-state index in [1.165, 1.54) is 11.2 Å². The molecule has 2 aromatic rings. The first-order chi connectivity index (χ1) is 11.1. The van der Waals surface area contributed by atoms with Crippen LogP contribution in [0.3, 0.4) is 0 Å². The highest BCUT2D eigenvalue weighted by atomic mass is 32.1. The summed E-state index contributed by atoms with van der Waals surface area (Å²) in [7, 11) is 0. The molecule has 2 heterocycles. The summed E-state index contributed by atoms with van der Waals surface area (Å²) < 4.78 is 0. The van der Waals surface area contributed by atoms with E-state index in [4.69, 9.17) is 0 Å². The van der Waals surface area contributed by atoms with Crippen LogP contribution >= 0.6 is 11.3 Å². The van der Waals surface area contributed by atoms with E-state index in [0.717, 1.165) is 42.1 Å². The molecule has 2 aromatic heterocycles. The Morgan fingerprint density at radius 3 is 2.83 bits per heavy atom. The molecule has 0 bridgehead atoms. The van der Waals surface area contributed by atoms with Crippen LogP contribution in [0.2, 0.25) is 0 Å². The highest BCUT2D eigenvalue weighted by Gasteiger charge is 2.08. The summed E-state index contributed by atoms with van der Waals surface area (Å²) in [6.07, 6.45) is 2.50. The summed E-state index contributed by atoms with van der Waals surface area (Å²) in [5.74, 6) is 0.709. The van der Waals surface area contributed by atoms with Crippen LogP contribution in [0, 0.1) is 6.92 Å². The lowest BCUT2D eigenvalue weighted by Gasteiger charge is -2.17. The third-order valence-corrected chi connectivity index (χ3v) is 4.70. The van der Waals surface area contributed by atoms with Crippen molar-refractivity contribution >= 4 is 33.3 Å². The normalized spacial score (nSPS) is 11.1. The van der Waals surface area contributed by atoms with Crippen molar-refractivity contribution in [3.63, 3.8) is 0 Å². The Morgan fingerprint density at radius 2 is 2.09 bits per heavy atom. The van der Waals surface area contributed by atoms with Gasteiger partial charge in [0.25, 0.3) is 0 Å². The molecule has 0 aliphatic heterocycles. The van der Waals surface area contributed by atoms with Gasteiger partial charge in [-0.2, -0.15) is 0 Å². The number of hydrogen-bond donors (Lipinski definition) is 2. The number of thiophene rings is 1. The van der Waals surface area contributed by atoms with E-state index in [9.17, 15) is 4.79 Å². The lowest BCUT2D eigenvalue weighted by molar-refractivity contribution is -0.119. The van der Waals surface area contributed by atoms with Crippen LogP contribution in [0.15, 0.2) is 12.4 Å². The van der Waals surface area contributed by atoms with Gasteiger partial charge in [0, 0.05) is 11.4 Å². The number of fused-ring (bicyclic) bond motifs is 1. The number of rotatable bonds is 9. The van der Waals surface area contributed by atoms with Crippen LogP contribution < -0.4 is 10.6 Å². The van der Waals surface area contributed by atoms with Gasteiger partial charge in [-0.15, -0.1) is 11.3 Å². The number of hydrogen-bond acceptors (Lipinski definition) is 6. The molecule has 0 radical (unpaired) electrons. The van der Waals surface area contributed by atoms with Gasteiger partial charge in [-0.1, -0.05) is 13.8 Å². The first-order valence-corrected chi connectivity index (χ1v) is 8.89. The Morgan fingerprint density at radius 1 is 1.30 bits per heavy atom.